The maximum absolute atomic E-state index is 14.1. The highest BCUT2D eigenvalue weighted by Crippen LogP contribution is 2.69. The standard InChI is InChI=1S/C37H32F3N3O6S2/c1-3-48-25-13-18(9-12-24(25)49-16-26(44)41-20-10-7-17(2)8-11-20)27-28-22-15-23(31(28)50-33-32(27)51-36(47)42-33)30-29(22)34(45)43(35(30)46)21-6-4-5-19(14-21)37(38,39)40/h4-14,22-23,27-31H,3,15-16H2,1-2H3,(H,41,44)(H,42,47)/t22-,23-,27+,28-,29+,30+,31-/m1/s1. The van der Waals surface area contributed by atoms with Crippen LogP contribution < -0.4 is 24.6 Å². The molecule has 2 bridgehead atoms. The van der Waals surface area contributed by atoms with E-state index in [9.17, 15) is 32.3 Å². The van der Waals surface area contributed by atoms with Gasteiger partial charge in [-0.1, -0.05) is 41.2 Å². The number of nitrogens with zero attached hydrogens (tertiary/aromatic N) is 1. The van der Waals surface area contributed by atoms with Crippen LogP contribution in [-0.4, -0.2) is 41.2 Å². The molecule has 3 fully saturated rings. The quantitative estimate of drug-likeness (QED) is 0.190. The highest BCUT2D eigenvalue weighted by molar-refractivity contribution is 8.00. The van der Waals surface area contributed by atoms with E-state index in [0.717, 1.165) is 49.4 Å². The Bertz CT molecular complexity index is 2110. The molecule has 4 aromatic rings. The van der Waals surface area contributed by atoms with Gasteiger partial charge in [0.05, 0.1) is 34.7 Å². The SMILES string of the molecule is CCOc1cc([C@@H]2c3sc(=O)[nH]c3S[C@@H]3[C@@H]4C[C@@H]([C@@H]5C(=O)N(c6cccc(C(F)(F)F)c6)C(=O)[C@@H]45)[C@H]23)ccc1OCC(=O)Nc1ccc(C)cc1. The lowest BCUT2D eigenvalue weighted by Gasteiger charge is -2.43. The lowest BCUT2D eigenvalue weighted by molar-refractivity contribution is -0.137. The van der Waals surface area contributed by atoms with Crippen molar-refractivity contribution in [2.75, 3.05) is 23.4 Å². The molecule has 264 valence electrons. The fourth-order valence-electron chi connectivity index (χ4n) is 8.55. The molecule has 2 N–H and O–H groups in total. The van der Waals surface area contributed by atoms with Crippen LogP contribution in [0.4, 0.5) is 24.5 Å². The van der Waals surface area contributed by atoms with Crippen molar-refractivity contribution in [2.45, 2.75) is 42.6 Å². The molecular weight excluding hydrogens is 704 g/mol. The number of carbonyl (C=O) groups is 3. The Morgan fingerprint density at radius 2 is 1.71 bits per heavy atom. The number of fused-ring (bicyclic) bond motifs is 9. The first kappa shape index (κ1) is 33.6. The number of hydrogen-bond donors (Lipinski definition) is 2. The number of H-pyrrole nitrogens is 1. The summed E-state index contributed by atoms with van der Waals surface area (Å²) in [6.07, 6.45) is -4.00. The number of hydrogen-bond acceptors (Lipinski definition) is 8. The Morgan fingerprint density at radius 1 is 0.961 bits per heavy atom. The molecule has 8 rings (SSSR count). The molecule has 0 unspecified atom stereocenters. The topological polar surface area (TPSA) is 118 Å². The summed E-state index contributed by atoms with van der Waals surface area (Å²) < 4.78 is 52.6. The van der Waals surface area contributed by atoms with Crippen LogP contribution in [0.2, 0.25) is 0 Å². The van der Waals surface area contributed by atoms with Gasteiger partial charge in [0.2, 0.25) is 11.8 Å². The second-order valence-corrected chi connectivity index (χ2v) is 15.6. The van der Waals surface area contributed by atoms with Gasteiger partial charge >= 0.3 is 11.0 Å². The van der Waals surface area contributed by atoms with Gasteiger partial charge in [0.25, 0.3) is 5.91 Å². The van der Waals surface area contributed by atoms with E-state index in [1.807, 2.05) is 50.2 Å². The van der Waals surface area contributed by atoms with E-state index < -0.39 is 35.4 Å². The number of alkyl halides is 3. The lowest BCUT2D eigenvalue weighted by Crippen LogP contribution is -2.42. The molecule has 1 aromatic heterocycles. The van der Waals surface area contributed by atoms with E-state index in [0.29, 0.717) is 30.2 Å². The first-order chi connectivity index (χ1) is 24.4. The van der Waals surface area contributed by atoms with Crippen LogP contribution in [-0.2, 0) is 20.6 Å². The molecule has 51 heavy (non-hydrogen) atoms. The first-order valence-electron chi connectivity index (χ1n) is 16.6. The van der Waals surface area contributed by atoms with Crippen LogP contribution in [0.1, 0.15) is 40.8 Å². The van der Waals surface area contributed by atoms with Crippen molar-refractivity contribution in [3.8, 4) is 11.5 Å². The third-order valence-electron chi connectivity index (χ3n) is 10.5. The summed E-state index contributed by atoms with van der Waals surface area (Å²) in [5.41, 5.74) is 1.54. The predicted octanol–water partition coefficient (Wildman–Crippen LogP) is 6.86. The number of thiazole rings is 1. The summed E-state index contributed by atoms with van der Waals surface area (Å²) in [4.78, 5) is 57.9. The average molecular weight is 736 g/mol. The van der Waals surface area contributed by atoms with Crippen molar-refractivity contribution in [1.82, 2.24) is 4.98 Å². The number of amides is 3. The van der Waals surface area contributed by atoms with Crippen molar-refractivity contribution in [3.05, 3.63) is 98.0 Å². The normalized spacial score (nSPS) is 26.1. The van der Waals surface area contributed by atoms with Gasteiger partial charge in [-0.2, -0.15) is 13.2 Å². The molecule has 2 aliphatic heterocycles. The number of nitrogens with one attached hydrogen (secondary N) is 2. The van der Waals surface area contributed by atoms with Crippen LogP contribution in [0.25, 0.3) is 0 Å². The summed E-state index contributed by atoms with van der Waals surface area (Å²) in [5.74, 6) is -2.75. The zero-order chi connectivity index (χ0) is 35.8. The third kappa shape index (κ3) is 5.72. The highest BCUT2D eigenvalue weighted by Gasteiger charge is 2.69. The maximum Gasteiger partial charge on any atom is 0.416 e. The van der Waals surface area contributed by atoms with Gasteiger partial charge in [-0.05, 0) is 86.1 Å². The number of carbonyl (C=O) groups excluding carboxylic acids is 3. The van der Waals surface area contributed by atoms with Gasteiger partial charge < -0.3 is 19.8 Å². The third-order valence-corrected chi connectivity index (χ3v) is 13.1. The molecule has 3 amide bonds. The zero-order valence-electron chi connectivity index (χ0n) is 27.4. The van der Waals surface area contributed by atoms with E-state index in [2.05, 4.69) is 10.3 Å². The number of rotatable bonds is 8. The Morgan fingerprint density at radius 3 is 2.43 bits per heavy atom. The fourth-order valence-corrected chi connectivity index (χ4v) is 11.4. The van der Waals surface area contributed by atoms with Crippen LogP contribution in [0.5, 0.6) is 11.5 Å². The minimum atomic E-state index is -4.63. The largest absolute Gasteiger partial charge is 0.490 e. The molecule has 9 nitrogen and oxygen atoms in total. The molecule has 0 radical (unpaired) electrons. The number of aryl methyl sites for hydroxylation is 1. The number of imide groups is 1. The fraction of sp³-hybridized carbons (Fsp3) is 0.351. The highest BCUT2D eigenvalue weighted by atomic mass is 32.2. The van der Waals surface area contributed by atoms with E-state index in [1.165, 1.54) is 23.9 Å². The van der Waals surface area contributed by atoms with E-state index in [1.54, 1.807) is 6.07 Å². The van der Waals surface area contributed by atoms with Gasteiger partial charge in [-0.15, -0.1) is 11.8 Å². The molecule has 3 aromatic carbocycles. The van der Waals surface area contributed by atoms with E-state index in [4.69, 9.17) is 9.47 Å². The molecular formula is C37H32F3N3O6S2. The summed E-state index contributed by atoms with van der Waals surface area (Å²) in [6, 6.07) is 17.2. The Hall–Kier alpha value is -4.56. The minimum Gasteiger partial charge on any atom is -0.490 e. The van der Waals surface area contributed by atoms with Gasteiger partial charge in [-0.25, -0.2) is 0 Å². The first-order valence-corrected chi connectivity index (χ1v) is 18.3. The van der Waals surface area contributed by atoms with E-state index in [-0.39, 0.29) is 52.0 Å². The smallest absolute Gasteiger partial charge is 0.416 e. The average Bonchev–Trinajstić information content (AvgIpc) is 3.83. The van der Waals surface area contributed by atoms with E-state index >= 15 is 0 Å². The minimum absolute atomic E-state index is 0.0752. The number of thioether (sulfide) groups is 1. The molecule has 2 saturated carbocycles. The van der Waals surface area contributed by atoms with Crippen molar-refractivity contribution < 1.29 is 37.0 Å². The summed E-state index contributed by atoms with van der Waals surface area (Å²) >= 11 is 2.63. The Balaban J connectivity index is 1.10. The zero-order valence-corrected chi connectivity index (χ0v) is 29.0. The van der Waals surface area contributed by atoms with Gasteiger partial charge in [-0.3, -0.25) is 24.1 Å². The van der Waals surface area contributed by atoms with Crippen LogP contribution in [0.15, 0.2) is 76.6 Å². The second-order valence-electron chi connectivity index (χ2n) is 13.4. The summed E-state index contributed by atoms with van der Waals surface area (Å²) in [6.45, 7) is 3.85. The van der Waals surface area contributed by atoms with Crippen LogP contribution in [0.3, 0.4) is 0 Å². The number of benzene rings is 3. The van der Waals surface area contributed by atoms with Crippen molar-refractivity contribution in [3.63, 3.8) is 0 Å². The summed E-state index contributed by atoms with van der Waals surface area (Å²) in [7, 11) is 0. The molecule has 2 aliphatic carbocycles. The molecule has 7 atom stereocenters. The molecule has 14 heteroatoms. The van der Waals surface area contributed by atoms with Crippen molar-refractivity contribution in [1.29, 1.82) is 0 Å². The van der Waals surface area contributed by atoms with Crippen molar-refractivity contribution in [2.24, 2.45) is 29.6 Å². The number of aromatic amines is 1. The number of aromatic nitrogens is 1. The number of anilines is 2. The van der Waals surface area contributed by atoms with Gasteiger partial charge in [0.15, 0.2) is 18.1 Å². The molecule has 0 spiro atoms. The Labute approximate surface area is 298 Å². The van der Waals surface area contributed by atoms with Crippen LogP contribution >= 0.6 is 23.1 Å². The van der Waals surface area contributed by atoms with Gasteiger partial charge in [0.1, 0.15) is 0 Å². The maximum atomic E-state index is 14.1. The molecule has 4 aliphatic rings. The monoisotopic (exact) mass is 735 g/mol. The summed E-state index contributed by atoms with van der Waals surface area (Å²) in [5, 5.41) is 3.42. The molecule has 1 saturated heterocycles. The number of halogens is 3. The second kappa shape index (κ2) is 12.6. The number of ether oxygens (including phenoxy) is 2. The van der Waals surface area contributed by atoms with Gasteiger partial charge in [0, 0.05) is 21.7 Å². The lowest BCUT2D eigenvalue weighted by atomic mass is 9.68. The Kier molecular flexibility index (Phi) is 8.29. The van der Waals surface area contributed by atoms with Crippen LogP contribution in [0, 0.1) is 36.5 Å². The predicted molar refractivity (Wildman–Crippen MR) is 185 cm³/mol. The molecule has 3 heterocycles. The van der Waals surface area contributed by atoms with Crippen molar-refractivity contribution >= 4 is 52.2 Å².